The predicted octanol–water partition coefficient (Wildman–Crippen LogP) is 1.80. The first-order chi connectivity index (χ1) is 10.8. The van der Waals surface area contributed by atoms with Gasteiger partial charge in [-0.2, -0.15) is 0 Å². The summed E-state index contributed by atoms with van der Waals surface area (Å²) in [6.07, 6.45) is -4.65. The van der Waals surface area contributed by atoms with Gasteiger partial charge in [0.1, 0.15) is 5.82 Å². The lowest BCUT2D eigenvalue weighted by Crippen LogP contribution is -2.51. The standard InChI is InChI=1S/C14H18F4N4O/c15-11-1-3-12(4-2-11)21-6-8-22(9-7-21)13(19)20-5-10-23-14(16,17)18/h1-4H,5-10H2,(H2,19,20). The van der Waals surface area contributed by atoms with E-state index in [-0.39, 0.29) is 18.3 Å². The molecule has 0 atom stereocenters. The summed E-state index contributed by atoms with van der Waals surface area (Å²) in [5.41, 5.74) is 6.69. The van der Waals surface area contributed by atoms with Crippen LogP contribution in [0.1, 0.15) is 0 Å². The molecule has 5 nitrogen and oxygen atoms in total. The molecule has 1 fully saturated rings. The summed E-state index contributed by atoms with van der Waals surface area (Å²) in [4.78, 5) is 7.77. The Kier molecular flexibility index (Phi) is 5.64. The number of rotatable bonds is 4. The second-order valence-corrected chi connectivity index (χ2v) is 4.98. The number of aliphatic imine (C=N–C) groups is 1. The van der Waals surface area contributed by atoms with E-state index in [2.05, 4.69) is 14.6 Å². The number of ether oxygens (including phenoxy) is 1. The highest BCUT2D eigenvalue weighted by molar-refractivity contribution is 5.78. The van der Waals surface area contributed by atoms with Crippen LogP contribution in [0.3, 0.4) is 0 Å². The van der Waals surface area contributed by atoms with E-state index in [1.807, 2.05) is 0 Å². The van der Waals surface area contributed by atoms with Gasteiger partial charge in [-0.05, 0) is 24.3 Å². The van der Waals surface area contributed by atoms with E-state index in [4.69, 9.17) is 5.73 Å². The molecule has 0 unspecified atom stereocenters. The van der Waals surface area contributed by atoms with Crippen LogP contribution in [0.15, 0.2) is 29.3 Å². The Morgan fingerprint density at radius 1 is 1.13 bits per heavy atom. The van der Waals surface area contributed by atoms with Gasteiger partial charge in [-0.25, -0.2) is 4.39 Å². The van der Waals surface area contributed by atoms with Gasteiger partial charge in [0.05, 0.1) is 13.2 Å². The van der Waals surface area contributed by atoms with Crippen LogP contribution in [0.2, 0.25) is 0 Å². The summed E-state index contributed by atoms with van der Waals surface area (Å²) < 4.78 is 52.0. The van der Waals surface area contributed by atoms with E-state index >= 15 is 0 Å². The van der Waals surface area contributed by atoms with E-state index < -0.39 is 13.0 Å². The summed E-state index contributed by atoms with van der Waals surface area (Å²) in [6, 6.07) is 6.21. The summed E-state index contributed by atoms with van der Waals surface area (Å²) in [5.74, 6) is -0.0839. The highest BCUT2D eigenvalue weighted by Crippen LogP contribution is 2.17. The molecular formula is C14H18F4N4O. The van der Waals surface area contributed by atoms with Crippen LogP contribution in [-0.4, -0.2) is 56.6 Å². The average molecular weight is 334 g/mol. The molecule has 0 saturated carbocycles. The normalized spacial score (nSPS) is 16.8. The third-order valence-electron chi connectivity index (χ3n) is 3.43. The second-order valence-electron chi connectivity index (χ2n) is 4.98. The van der Waals surface area contributed by atoms with E-state index in [0.717, 1.165) is 5.69 Å². The topological polar surface area (TPSA) is 54.1 Å². The van der Waals surface area contributed by atoms with Crippen LogP contribution in [0.25, 0.3) is 0 Å². The number of benzene rings is 1. The first kappa shape index (κ1) is 17.3. The third-order valence-corrected chi connectivity index (χ3v) is 3.43. The maximum Gasteiger partial charge on any atom is 0.522 e. The van der Waals surface area contributed by atoms with Crippen molar-refractivity contribution in [1.29, 1.82) is 0 Å². The van der Waals surface area contributed by atoms with Crippen LogP contribution >= 0.6 is 0 Å². The molecule has 0 bridgehead atoms. The fourth-order valence-corrected chi connectivity index (χ4v) is 2.27. The van der Waals surface area contributed by atoms with Crippen molar-refractivity contribution in [3.8, 4) is 0 Å². The zero-order valence-corrected chi connectivity index (χ0v) is 12.4. The van der Waals surface area contributed by atoms with Gasteiger partial charge in [-0.15, -0.1) is 13.2 Å². The van der Waals surface area contributed by atoms with Gasteiger partial charge in [-0.1, -0.05) is 0 Å². The number of guanidine groups is 1. The summed E-state index contributed by atoms with van der Waals surface area (Å²) in [7, 11) is 0. The van der Waals surface area contributed by atoms with E-state index in [0.29, 0.717) is 26.2 Å². The average Bonchev–Trinajstić information content (AvgIpc) is 2.51. The van der Waals surface area contributed by atoms with Crippen molar-refractivity contribution in [1.82, 2.24) is 4.90 Å². The maximum atomic E-state index is 12.9. The molecule has 1 aliphatic heterocycles. The molecule has 0 aromatic heterocycles. The van der Waals surface area contributed by atoms with E-state index in [1.165, 1.54) is 12.1 Å². The largest absolute Gasteiger partial charge is 0.522 e. The smallest absolute Gasteiger partial charge is 0.370 e. The molecule has 0 spiro atoms. The number of alkyl halides is 3. The number of nitrogens with zero attached hydrogens (tertiary/aromatic N) is 3. The van der Waals surface area contributed by atoms with Crippen LogP contribution in [-0.2, 0) is 4.74 Å². The zero-order chi connectivity index (χ0) is 16.9. The summed E-state index contributed by atoms with van der Waals surface area (Å²) in [5, 5.41) is 0. The Bertz CT molecular complexity index is 525. The molecule has 2 N–H and O–H groups in total. The monoisotopic (exact) mass is 334 g/mol. The lowest BCUT2D eigenvalue weighted by Gasteiger charge is -2.36. The van der Waals surface area contributed by atoms with Crippen molar-refractivity contribution < 1.29 is 22.3 Å². The molecule has 1 aliphatic rings. The fourth-order valence-electron chi connectivity index (χ4n) is 2.27. The minimum Gasteiger partial charge on any atom is -0.370 e. The van der Waals surface area contributed by atoms with Crippen molar-refractivity contribution in [2.75, 3.05) is 44.2 Å². The zero-order valence-electron chi connectivity index (χ0n) is 12.4. The highest BCUT2D eigenvalue weighted by atomic mass is 19.4. The number of halogens is 4. The molecule has 1 heterocycles. The lowest BCUT2D eigenvalue weighted by molar-refractivity contribution is -0.323. The number of nitrogens with two attached hydrogens (primary N) is 1. The van der Waals surface area contributed by atoms with E-state index in [9.17, 15) is 17.6 Å². The van der Waals surface area contributed by atoms with Crippen LogP contribution < -0.4 is 10.6 Å². The Morgan fingerprint density at radius 2 is 1.74 bits per heavy atom. The first-order valence-corrected chi connectivity index (χ1v) is 7.11. The Hall–Kier alpha value is -2.03. The van der Waals surface area contributed by atoms with Crippen LogP contribution in [0.4, 0.5) is 23.2 Å². The van der Waals surface area contributed by atoms with Gasteiger partial charge in [-0.3, -0.25) is 9.73 Å². The van der Waals surface area contributed by atoms with Crippen molar-refractivity contribution in [3.63, 3.8) is 0 Å². The van der Waals surface area contributed by atoms with Gasteiger partial charge in [0.15, 0.2) is 5.96 Å². The lowest BCUT2D eigenvalue weighted by atomic mass is 10.2. The number of hydrogen-bond acceptors (Lipinski definition) is 3. The minimum absolute atomic E-state index is 0.149. The molecule has 128 valence electrons. The molecule has 1 aromatic carbocycles. The molecule has 0 aliphatic carbocycles. The van der Waals surface area contributed by atoms with Gasteiger partial charge >= 0.3 is 6.36 Å². The molecule has 9 heteroatoms. The predicted molar refractivity (Wildman–Crippen MR) is 78.7 cm³/mol. The minimum atomic E-state index is -4.65. The Morgan fingerprint density at radius 3 is 2.30 bits per heavy atom. The fraction of sp³-hybridized carbons (Fsp3) is 0.500. The van der Waals surface area contributed by atoms with Crippen LogP contribution in [0, 0.1) is 5.82 Å². The molecule has 1 aromatic rings. The van der Waals surface area contributed by atoms with Gasteiger partial charge in [0.2, 0.25) is 0 Å². The van der Waals surface area contributed by atoms with Crippen LogP contribution in [0.5, 0.6) is 0 Å². The van der Waals surface area contributed by atoms with Crippen molar-refractivity contribution in [3.05, 3.63) is 30.1 Å². The first-order valence-electron chi connectivity index (χ1n) is 7.11. The molecular weight excluding hydrogens is 316 g/mol. The Labute approximate surface area is 131 Å². The molecule has 1 saturated heterocycles. The van der Waals surface area contributed by atoms with Crippen molar-refractivity contribution in [2.24, 2.45) is 10.7 Å². The maximum absolute atomic E-state index is 12.9. The number of hydrogen-bond donors (Lipinski definition) is 1. The second kappa shape index (κ2) is 7.49. The molecule has 2 rings (SSSR count). The van der Waals surface area contributed by atoms with Crippen molar-refractivity contribution in [2.45, 2.75) is 6.36 Å². The summed E-state index contributed by atoms with van der Waals surface area (Å²) >= 11 is 0. The van der Waals surface area contributed by atoms with Gasteiger partial charge < -0.3 is 15.5 Å². The SMILES string of the molecule is NC(=NCCOC(F)(F)F)N1CCN(c2ccc(F)cc2)CC1. The van der Waals surface area contributed by atoms with E-state index in [1.54, 1.807) is 17.0 Å². The quantitative estimate of drug-likeness (QED) is 0.395. The highest BCUT2D eigenvalue weighted by Gasteiger charge is 2.28. The molecule has 0 amide bonds. The number of piperazine rings is 1. The Balaban J connectivity index is 1.78. The van der Waals surface area contributed by atoms with Gasteiger partial charge in [0, 0.05) is 31.9 Å². The van der Waals surface area contributed by atoms with Crippen molar-refractivity contribution >= 4 is 11.6 Å². The molecule has 23 heavy (non-hydrogen) atoms. The third kappa shape index (κ3) is 5.59. The van der Waals surface area contributed by atoms with Gasteiger partial charge in [0.25, 0.3) is 0 Å². The summed E-state index contributed by atoms with van der Waals surface area (Å²) in [6.45, 7) is 1.81. The number of anilines is 1. The molecule has 0 radical (unpaired) electrons.